The van der Waals surface area contributed by atoms with Crippen LogP contribution in [0, 0.1) is 0 Å². The van der Waals surface area contributed by atoms with Crippen LogP contribution >= 0.6 is 15.9 Å². The van der Waals surface area contributed by atoms with Crippen molar-refractivity contribution in [2.75, 3.05) is 5.32 Å². The van der Waals surface area contributed by atoms with Crippen molar-refractivity contribution >= 4 is 38.6 Å². The van der Waals surface area contributed by atoms with E-state index in [-0.39, 0.29) is 11.9 Å². The Bertz CT molecular complexity index is 1130. The molecule has 0 aliphatic heterocycles. The van der Waals surface area contributed by atoms with Crippen molar-refractivity contribution < 1.29 is 4.79 Å². The molecule has 0 saturated carbocycles. The van der Waals surface area contributed by atoms with Gasteiger partial charge in [0.05, 0.1) is 4.47 Å². The van der Waals surface area contributed by atoms with E-state index in [0.717, 1.165) is 15.4 Å². The van der Waals surface area contributed by atoms with Crippen LogP contribution in [0.3, 0.4) is 0 Å². The summed E-state index contributed by atoms with van der Waals surface area (Å²) in [4.78, 5) is 20.4. The van der Waals surface area contributed by atoms with E-state index < -0.39 is 0 Å². The van der Waals surface area contributed by atoms with Crippen LogP contribution in [0.1, 0.15) is 30.4 Å². The Hall–Kier alpha value is -3.00. The number of para-hydroxylation sites is 1. The molecule has 136 valence electrons. The Balaban J connectivity index is 1.64. The number of fused-ring (bicyclic) bond motifs is 1. The number of anilines is 1. The van der Waals surface area contributed by atoms with Crippen LogP contribution in [-0.4, -0.2) is 30.6 Å². The minimum atomic E-state index is -0.270. The number of hydrogen-bond acceptors (Lipinski definition) is 4. The van der Waals surface area contributed by atoms with E-state index in [1.807, 2.05) is 54.8 Å². The lowest BCUT2D eigenvalue weighted by Crippen LogP contribution is -2.14. The summed E-state index contributed by atoms with van der Waals surface area (Å²) in [5.74, 6) is 0.835. The van der Waals surface area contributed by atoms with Gasteiger partial charge in [-0.3, -0.25) is 4.79 Å². The molecule has 4 aromatic rings. The molecule has 0 unspecified atom stereocenters. The van der Waals surface area contributed by atoms with Crippen LogP contribution in [0.25, 0.3) is 22.4 Å². The molecule has 8 heteroatoms. The molecule has 0 aliphatic rings. The Morgan fingerprint density at radius 1 is 1.19 bits per heavy atom. The van der Waals surface area contributed by atoms with E-state index in [4.69, 9.17) is 0 Å². The van der Waals surface area contributed by atoms with Gasteiger partial charge < -0.3 is 14.9 Å². The van der Waals surface area contributed by atoms with Crippen LogP contribution in [0.4, 0.5) is 5.82 Å². The largest absolute Gasteiger partial charge is 0.350 e. The van der Waals surface area contributed by atoms with Crippen molar-refractivity contribution in [3.05, 3.63) is 59.0 Å². The van der Waals surface area contributed by atoms with Crippen LogP contribution in [0.15, 0.2) is 53.3 Å². The highest BCUT2D eigenvalue weighted by Crippen LogP contribution is 2.28. The summed E-state index contributed by atoms with van der Waals surface area (Å²) in [5.41, 5.74) is 1.99. The molecule has 0 saturated heterocycles. The fraction of sp³-hybridized carbons (Fsp3) is 0.158. The smallest absolute Gasteiger partial charge is 0.274 e. The molecule has 1 aromatic carbocycles. The van der Waals surface area contributed by atoms with Crippen molar-refractivity contribution in [1.82, 2.24) is 24.7 Å². The number of aromatic amines is 1. The molecule has 4 rings (SSSR count). The molecule has 7 nitrogen and oxygen atoms in total. The summed E-state index contributed by atoms with van der Waals surface area (Å²) < 4.78 is 2.66. The van der Waals surface area contributed by atoms with Gasteiger partial charge in [-0.2, -0.15) is 0 Å². The number of amides is 1. The third kappa shape index (κ3) is 3.23. The monoisotopic (exact) mass is 424 g/mol. The molecular weight excluding hydrogens is 408 g/mol. The van der Waals surface area contributed by atoms with Gasteiger partial charge >= 0.3 is 0 Å². The fourth-order valence-electron chi connectivity index (χ4n) is 2.88. The summed E-state index contributed by atoms with van der Waals surface area (Å²) in [7, 11) is 0. The minimum Gasteiger partial charge on any atom is -0.350 e. The second kappa shape index (κ2) is 6.96. The maximum atomic E-state index is 12.7. The number of hydrogen-bond donors (Lipinski definition) is 2. The van der Waals surface area contributed by atoms with E-state index in [2.05, 4.69) is 41.4 Å². The predicted octanol–water partition coefficient (Wildman–Crippen LogP) is 4.42. The molecule has 2 N–H and O–H groups in total. The third-order valence-corrected chi connectivity index (χ3v) is 5.04. The van der Waals surface area contributed by atoms with Gasteiger partial charge in [0.2, 0.25) is 0 Å². The Labute approximate surface area is 164 Å². The zero-order valence-electron chi connectivity index (χ0n) is 14.8. The van der Waals surface area contributed by atoms with Gasteiger partial charge in [-0.25, -0.2) is 4.98 Å². The highest BCUT2D eigenvalue weighted by atomic mass is 79.9. The molecule has 0 spiro atoms. The number of nitrogens with zero attached hydrogens (tertiary/aromatic N) is 4. The molecule has 0 atom stereocenters. The molecule has 0 radical (unpaired) electrons. The maximum Gasteiger partial charge on any atom is 0.274 e. The summed E-state index contributed by atoms with van der Waals surface area (Å²) in [5, 5.41) is 11.9. The lowest BCUT2D eigenvalue weighted by atomic mass is 10.2. The Morgan fingerprint density at radius 3 is 2.78 bits per heavy atom. The summed E-state index contributed by atoms with van der Waals surface area (Å²) in [6.45, 7) is 4.10. The molecule has 3 aromatic heterocycles. The van der Waals surface area contributed by atoms with Crippen LogP contribution < -0.4 is 5.32 Å². The third-order valence-electron chi connectivity index (χ3n) is 4.22. The normalized spacial score (nSPS) is 11.3. The molecular formula is C19H17BrN6O. The van der Waals surface area contributed by atoms with Crippen molar-refractivity contribution in [2.24, 2.45) is 0 Å². The fourth-order valence-corrected chi connectivity index (χ4v) is 3.50. The van der Waals surface area contributed by atoms with Crippen molar-refractivity contribution in [2.45, 2.75) is 19.9 Å². The van der Waals surface area contributed by atoms with E-state index >= 15 is 0 Å². The highest BCUT2D eigenvalue weighted by molar-refractivity contribution is 9.10. The van der Waals surface area contributed by atoms with Gasteiger partial charge in [-0.05, 0) is 48.0 Å². The number of benzene rings is 1. The van der Waals surface area contributed by atoms with Crippen LogP contribution in [0.2, 0.25) is 0 Å². The Morgan fingerprint density at radius 2 is 2.00 bits per heavy atom. The number of carbonyl (C=O) groups is 1. The highest BCUT2D eigenvalue weighted by Gasteiger charge is 2.17. The number of H-pyrrole nitrogens is 1. The number of halogens is 1. The number of carbonyl (C=O) groups excluding carboxylic acids is 1. The standard InChI is InChI=1S/C19H17BrN6O/c1-11(2)26-10-21-25-18(26)14-8-5-9-15(22-14)24-19(27)17-16(20)12-6-3-4-7-13(12)23-17/h3-11,23H,1-2H3,(H,22,24,27). The van der Waals surface area contributed by atoms with E-state index in [1.54, 1.807) is 12.4 Å². The quantitative estimate of drug-likeness (QED) is 0.507. The number of aromatic nitrogens is 5. The average Bonchev–Trinajstić information content (AvgIpc) is 3.28. The predicted molar refractivity (Wildman–Crippen MR) is 108 cm³/mol. The van der Waals surface area contributed by atoms with Crippen LogP contribution in [-0.2, 0) is 0 Å². The number of nitrogens with one attached hydrogen (secondary N) is 2. The van der Waals surface area contributed by atoms with Gasteiger partial charge in [0.15, 0.2) is 5.82 Å². The number of rotatable bonds is 4. The first-order valence-electron chi connectivity index (χ1n) is 8.49. The van der Waals surface area contributed by atoms with Gasteiger partial charge in [-0.1, -0.05) is 24.3 Å². The minimum absolute atomic E-state index is 0.206. The van der Waals surface area contributed by atoms with Gasteiger partial charge in [0.1, 0.15) is 23.5 Å². The van der Waals surface area contributed by atoms with Crippen molar-refractivity contribution in [3.8, 4) is 11.5 Å². The number of pyridine rings is 1. The molecule has 0 fully saturated rings. The molecule has 0 aliphatic carbocycles. The average molecular weight is 425 g/mol. The maximum absolute atomic E-state index is 12.7. The summed E-state index contributed by atoms with van der Waals surface area (Å²) in [6.07, 6.45) is 1.68. The SMILES string of the molecule is CC(C)n1cnnc1-c1cccc(NC(=O)c2[nH]c3ccccc3c2Br)n1. The summed E-state index contributed by atoms with van der Waals surface area (Å²) in [6, 6.07) is 13.3. The first kappa shape index (κ1) is 17.4. The Kier molecular flexibility index (Phi) is 4.49. The van der Waals surface area contributed by atoms with E-state index in [1.165, 1.54) is 0 Å². The molecule has 0 bridgehead atoms. The van der Waals surface area contributed by atoms with E-state index in [9.17, 15) is 4.79 Å². The molecule has 3 heterocycles. The van der Waals surface area contributed by atoms with Gasteiger partial charge in [0, 0.05) is 16.9 Å². The lowest BCUT2D eigenvalue weighted by Gasteiger charge is -2.10. The van der Waals surface area contributed by atoms with E-state index in [0.29, 0.717) is 23.0 Å². The lowest BCUT2D eigenvalue weighted by molar-refractivity contribution is 0.102. The van der Waals surface area contributed by atoms with Gasteiger partial charge in [0.25, 0.3) is 5.91 Å². The second-order valence-electron chi connectivity index (χ2n) is 6.38. The zero-order valence-corrected chi connectivity index (χ0v) is 16.4. The van der Waals surface area contributed by atoms with Gasteiger partial charge in [-0.15, -0.1) is 10.2 Å². The van der Waals surface area contributed by atoms with Crippen molar-refractivity contribution in [3.63, 3.8) is 0 Å². The molecule has 1 amide bonds. The van der Waals surface area contributed by atoms with Crippen molar-refractivity contribution in [1.29, 1.82) is 0 Å². The first-order valence-corrected chi connectivity index (χ1v) is 9.28. The summed E-state index contributed by atoms with van der Waals surface area (Å²) >= 11 is 3.50. The first-order chi connectivity index (χ1) is 13.0. The molecule has 27 heavy (non-hydrogen) atoms. The van der Waals surface area contributed by atoms with Crippen LogP contribution in [0.5, 0.6) is 0 Å². The zero-order chi connectivity index (χ0) is 19.0. The topological polar surface area (TPSA) is 88.5 Å². The second-order valence-corrected chi connectivity index (χ2v) is 7.17.